The summed E-state index contributed by atoms with van der Waals surface area (Å²) < 4.78 is 47.4. The summed E-state index contributed by atoms with van der Waals surface area (Å²) in [5.74, 6) is -0.652. The summed E-state index contributed by atoms with van der Waals surface area (Å²) in [7, 11) is 2.09. The van der Waals surface area contributed by atoms with Crippen molar-refractivity contribution in [2.45, 2.75) is 58.5 Å². The van der Waals surface area contributed by atoms with E-state index in [4.69, 9.17) is 9.72 Å². The van der Waals surface area contributed by atoms with Crippen LogP contribution in [0.5, 0.6) is 0 Å². The Balaban J connectivity index is 1.78. The van der Waals surface area contributed by atoms with Gasteiger partial charge in [-0.1, -0.05) is 38.1 Å². The highest BCUT2D eigenvalue weighted by molar-refractivity contribution is 7.14. The normalized spacial score (nSPS) is 17.1. The molecule has 1 unspecified atom stereocenters. The second-order valence-electron chi connectivity index (χ2n) is 9.74. The van der Waals surface area contributed by atoms with E-state index in [1.54, 1.807) is 37.3 Å². The third-order valence-electron chi connectivity index (χ3n) is 5.84. The molecule has 3 rings (SSSR count). The molecular weight excluding hydrogens is 477 g/mol. The molecule has 0 amide bonds. The number of alkyl halides is 3. The molecule has 1 aliphatic rings. The lowest BCUT2D eigenvalue weighted by Crippen LogP contribution is -2.46. The van der Waals surface area contributed by atoms with E-state index in [2.05, 4.69) is 22.2 Å². The van der Waals surface area contributed by atoms with E-state index in [9.17, 15) is 18.0 Å². The smallest absolute Gasteiger partial charge is 0.407 e. The number of aromatic nitrogens is 1. The number of carbonyl (C=O) groups is 1. The molecule has 6 nitrogen and oxygen atoms in total. The zero-order valence-electron chi connectivity index (χ0n) is 20.9. The van der Waals surface area contributed by atoms with E-state index in [1.807, 2.05) is 19.2 Å². The molecule has 1 N–H and O–H groups in total. The highest BCUT2D eigenvalue weighted by atomic mass is 32.1. The number of nitrogens with zero attached hydrogens (tertiary/aromatic N) is 3. The number of likely N-dealkylation sites (N-methyl/N-ethyl adjacent to an activating group) is 1. The van der Waals surface area contributed by atoms with Crippen LogP contribution in [0.25, 0.3) is 11.3 Å². The first-order valence-electron chi connectivity index (χ1n) is 12.0. The Morgan fingerprint density at radius 2 is 1.74 bits per heavy atom. The Morgan fingerprint density at radius 3 is 2.29 bits per heavy atom. The van der Waals surface area contributed by atoms with Crippen LogP contribution in [-0.4, -0.2) is 67.4 Å². The summed E-state index contributed by atoms with van der Waals surface area (Å²) in [5, 5.41) is 5.39. The number of carbonyl (C=O) groups excluding carboxylic acids is 1. The van der Waals surface area contributed by atoms with E-state index in [-0.39, 0.29) is 17.9 Å². The van der Waals surface area contributed by atoms with E-state index >= 15 is 0 Å². The fourth-order valence-electron chi connectivity index (χ4n) is 3.99. The molecule has 1 fully saturated rings. The number of hydrogen-bond acceptors (Lipinski definition) is 7. The molecule has 0 aliphatic carbocycles. The molecule has 1 aliphatic heterocycles. The van der Waals surface area contributed by atoms with Crippen molar-refractivity contribution in [2.75, 3.05) is 38.1 Å². The minimum atomic E-state index is -4.58. The standard InChI is InChI=1S/C25H35F3N4O2S/c1-16(2)14-20(23(33)34-17(3)4)29-22(25(26,27)28)19-8-6-18(7-9-19)21-15-35-24(30-21)32-12-10-31(5)11-13-32/h6-9,15-17,20,22,29H,10-14H2,1-5H3/t20?,22-/m0/s1. The average Bonchev–Trinajstić information content (AvgIpc) is 3.26. The van der Waals surface area contributed by atoms with E-state index in [1.165, 1.54) is 12.1 Å². The van der Waals surface area contributed by atoms with Gasteiger partial charge in [0.15, 0.2) is 5.13 Å². The van der Waals surface area contributed by atoms with Gasteiger partial charge in [-0.3, -0.25) is 10.1 Å². The summed E-state index contributed by atoms with van der Waals surface area (Å²) in [5.41, 5.74) is 1.54. The SMILES string of the molecule is CC(C)CC(N[C@@H](c1ccc(-c2csc(N3CCN(C)CC3)n2)cc1)C(F)(F)F)C(=O)OC(C)C. The van der Waals surface area contributed by atoms with Crippen molar-refractivity contribution in [3.05, 3.63) is 35.2 Å². The highest BCUT2D eigenvalue weighted by Crippen LogP contribution is 2.35. The summed E-state index contributed by atoms with van der Waals surface area (Å²) >= 11 is 1.54. The first-order valence-corrected chi connectivity index (χ1v) is 12.8. The molecule has 35 heavy (non-hydrogen) atoms. The van der Waals surface area contributed by atoms with Crippen LogP contribution < -0.4 is 10.2 Å². The van der Waals surface area contributed by atoms with Crippen molar-refractivity contribution in [3.8, 4) is 11.3 Å². The van der Waals surface area contributed by atoms with E-state index in [0.717, 1.165) is 42.6 Å². The molecule has 0 spiro atoms. The van der Waals surface area contributed by atoms with Crippen LogP contribution >= 0.6 is 11.3 Å². The summed E-state index contributed by atoms with van der Waals surface area (Å²) in [6, 6.07) is 3.17. The van der Waals surface area contributed by atoms with Gasteiger partial charge in [-0.15, -0.1) is 11.3 Å². The third kappa shape index (κ3) is 7.65. The van der Waals surface area contributed by atoms with Crippen LogP contribution in [0.1, 0.15) is 45.7 Å². The van der Waals surface area contributed by atoms with Crippen molar-refractivity contribution < 1.29 is 22.7 Å². The zero-order chi connectivity index (χ0) is 25.8. The molecule has 10 heteroatoms. The first-order chi connectivity index (χ1) is 16.4. The zero-order valence-corrected chi connectivity index (χ0v) is 21.7. The number of benzene rings is 1. The molecule has 0 saturated carbocycles. The molecule has 2 aromatic rings. The minimum Gasteiger partial charge on any atom is -0.462 e. The summed E-state index contributed by atoms with van der Waals surface area (Å²) in [4.78, 5) is 21.7. The molecular formula is C25H35F3N4O2S. The Bertz CT molecular complexity index is 954. The number of rotatable bonds is 9. The largest absolute Gasteiger partial charge is 0.462 e. The number of esters is 1. The van der Waals surface area contributed by atoms with Crippen LogP contribution in [0.15, 0.2) is 29.6 Å². The molecule has 1 aromatic carbocycles. The van der Waals surface area contributed by atoms with Crippen LogP contribution in [0.2, 0.25) is 0 Å². The van der Waals surface area contributed by atoms with Gasteiger partial charge in [-0.25, -0.2) is 4.98 Å². The van der Waals surface area contributed by atoms with Crippen molar-refractivity contribution in [1.82, 2.24) is 15.2 Å². The lowest BCUT2D eigenvalue weighted by Gasteiger charge is -2.32. The fraction of sp³-hybridized carbons (Fsp3) is 0.600. The Hall–Kier alpha value is -2.17. The minimum absolute atomic E-state index is 0.0163. The number of hydrogen-bond donors (Lipinski definition) is 1. The maximum Gasteiger partial charge on any atom is 0.407 e. The van der Waals surface area contributed by atoms with Gasteiger partial charge in [0.1, 0.15) is 12.1 Å². The maximum atomic E-state index is 14.1. The van der Waals surface area contributed by atoms with Gasteiger partial charge >= 0.3 is 12.1 Å². The molecule has 2 heterocycles. The number of anilines is 1. The predicted octanol–water partition coefficient (Wildman–Crippen LogP) is 5.12. The van der Waals surface area contributed by atoms with Gasteiger partial charge in [0.2, 0.25) is 0 Å². The van der Waals surface area contributed by atoms with E-state index in [0.29, 0.717) is 0 Å². The number of ether oxygens (including phenoxy) is 1. The van der Waals surface area contributed by atoms with Crippen LogP contribution in [0, 0.1) is 5.92 Å². The van der Waals surface area contributed by atoms with Gasteiger partial charge in [0.05, 0.1) is 11.8 Å². The second kappa shape index (κ2) is 11.7. The third-order valence-corrected chi connectivity index (χ3v) is 6.75. The number of thiazole rings is 1. The van der Waals surface area contributed by atoms with Gasteiger partial charge in [0.25, 0.3) is 0 Å². The monoisotopic (exact) mass is 512 g/mol. The molecule has 1 aromatic heterocycles. The van der Waals surface area contributed by atoms with Crippen molar-refractivity contribution in [2.24, 2.45) is 5.92 Å². The Kier molecular flexibility index (Phi) is 9.17. The second-order valence-corrected chi connectivity index (χ2v) is 10.6. The molecule has 1 saturated heterocycles. The van der Waals surface area contributed by atoms with Crippen LogP contribution in [0.3, 0.4) is 0 Å². The quantitative estimate of drug-likeness (QED) is 0.471. The summed E-state index contributed by atoms with van der Waals surface area (Å²) in [6.07, 6.45) is -4.75. The lowest BCUT2D eigenvalue weighted by molar-refractivity contribution is -0.166. The van der Waals surface area contributed by atoms with Crippen molar-refractivity contribution in [1.29, 1.82) is 0 Å². The maximum absolute atomic E-state index is 14.1. The number of halogens is 3. The van der Waals surface area contributed by atoms with Crippen LogP contribution in [-0.2, 0) is 9.53 Å². The fourth-order valence-corrected chi connectivity index (χ4v) is 4.87. The molecule has 2 atom stereocenters. The molecule has 194 valence electrons. The average molecular weight is 513 g/mol. The lowest BCUT2D eigenvalue weighted by atomic mass is 9.99. The van der Waals surface area contributed by atoms with Gasteiger partial charge in [-0.2, -0.15) is 13.2 Å². The number of nitrogens with one attached hydrogen (secondary N) is 1. The Morgan fingerprint density at radius 1 is 1.11 bits per heavy atom. The molecule has 0 radical (unpaired) electrons. The van der Waals surface area contributed by atoms with Crippen LogP contribution in [0.4, 0.5) is 18.3 Å². The highest BCUT2D eigenvalue weighted by Gasteiger charge is 2.43. The van der Waals surface area contributed by atoms with E-state index < -0.39 is 30.3 Å². The Labute approximate surface area is 209 Å². The van der Waals surface area contributed by atoms with Gasteiger partial charge < -0.3 is 14.5 Å². The number of piperazine rings is 1. The topological polar surface area (TPSA) is 57.7 Å². The van der Waals surface area contributed by atoms with Crippen molar-refractivity contribution >= 4 is 22.4 Å². The van der Waals surface area contributed by atoms with Crippen molar-refractivity contribution in [3.63, 3.8) is 0 Å². The van der Waals surface area contributed by atoms with Gasteiger partial charge in [-0.05, 0) is 38.8 Å². The predicted molar refractivity (Wildman–Crippen MR) is 134 cm³/mol. The van der Waals surface area contributed by atoms with Gasteiger partial charge in [0, 0.05) is 37.1 Å². The summed E-state index contributed by atoms with van der Waals surface area (Å²) in [6.45, 7) is 10.8. The first kappa shape index (κ1) is 27.4. The molecule has 0 bridgehead atoms.